The minimum Gasteiger partial charge on any atom is -0.313 e. The Morgan fingerprint density at radius 1 is 1.27 bits per heavy atom. The molecule has 0 aromatic heterocycles. The topological polar surface area (TPSA) is 15.3 Å². The first-order valence-electron chi connectivity index (χ1n) is 4.46. The minimum absolute atomic E-state index is 0.634. The van der Waals surface area contributed by atoms with Crippen molar-refractivity contribution in [1.82, 2.24) is 10.2 Å². The molecule has 1 N–H and O–H groups in total. The summed E-state index contributed by atoms with van der Waals surface area (Å²) in [5, 5.41) is 3.47. The summed E-state index contributed by atoms with van der Waals surface area (Å²) in [4.78, 5) is 2.23. The maximum Gasteiger partial charge on any atom is 0.0217 e. The zero-order valence-corrected chi connectivity index (χ0v) is 8.52. The van der Waals surface area contributed by atoms with Gasteiger partial charge in [0.25, 0.3) is 0 Å². The van der Waals surface area contributed by atoms with Crippen molar-refractivity contribution in [1.29, 1.82) is 0 Å². The number of likely N-dealkylation sites (N-methyl/N-ethyl adjacent to an activating group) is 2. The molecule has 1 unspecified atom stereocenters. The summed E-state index contributed by atoms with van der Waals surface area (Å²) in [6.45, 7) is 8.88. The van der Waals surface area contributed by atoms with E-state index in [4.69, 9.17) is 0 Å². The van der Waals surface area contributed by atoms with Gasteiger partial charge in [0.1, 0.15) is 0 Å². The Bertz CT molecular complexity index is 89.6. The van der Waals surface area contributed by atoms with Crippen LogP contribution in [0.4, 0.5) is 0 Å². The molecule has 0 saturated carbocycles. The van der Waals surface area contributed by atoms with E-state index in [1.807, 2.05) is 0 Å². The molecule has 0 saturated heterocycles. The quantitative estimate of drug-likeness (QED) is 0.646. The van der Waals surface area contributed by atoms with Crippen LogP contribution < -0.4 is 5.32 Å². The fraction of sp³-hybridized carbons (Fsp3) is 1.00. The van der Waals surface area contributed by atoms with Crippen molar-refractivity contribution in [3.05, 3.63) is 0 Å². The van der Waals surface area contributed by atoms with Gasteiger partial charge in [0.05, 0.1) is 0 Å². The van der Waals surface area contributed by atoms with Crippen LogP contribution in [0.2, 0.25) is 0 Å². The number of hydrogen-bond donors (Lipinski definition) is 1. The lowest BCUT2D eigenvalue weighted by atomic mass is 10.0. The lowest BCUT2D eigenvalue weighted by Crippen LogP contribution is -2.41. The van der Waals surface area contributed by atoms with Crippen LogP contribution >= 0.6 is 0 Å². The molecule has 0 bridgehead atoms. The van der Waals surface area contributed by atoms with Crippen LogP contribution in [0.5, 0.6) is 0 Å². The molecule has 0 heterocycles. The second-order valence-electron chi connectivity index (χ2n) is 3.67. The number of hydrogen-bond acceptors (Lipinski definition) is 2. The van der Waals surface area contributed by atoms with Gasteiger partial charge in [0, 0.05) is 12.6 Å². The highest BCUT2D eigenvalue weighted by Gasteiger charge is 2.11. The molecular formula is C9H22N2. The highest BCUT2D eigenvalue weighted by atomic mass is 15.1. The van der Waals surface area contributed by atoms with Crippen LogP contribution in [0.1, 0.15) is 20.8 Å². The third-order valence-corrected chi connectivity index (χ3v) is 1.83. The van der Waals surface area contributed by atoms with Crippen molar-refractivity contribution in [3.63, 3.8) is 0 Å². The minimum atomic E-state index is 0.634. The molecule has 0 spiro atoms. The van der Waals surface area contributed by atoms with E-state index in [9.17, 15) is 0 Å². The monoisotopic (exact) mass is 158 g/mol. The molecule has 2 nitrogen and oxygen atoms in total. The largest absolute Gasteiger partial charge is 0.313 e. The Morgan fingerprint density at radius 3 is 2.09 bits per heavy atom. The van der Waals surface area contributed by atoms with Gasteiger partial charge in [0.2, 0.25) is 0 Å². The Morgan fingerprint density at radius 2 is 1.82 bits per heavy atom. The van der Waals surface area contributed by atoms with Gasteiger partial charge in [-0.3, -0.25) is 0 Å². The predicted octanol–water partition coefficient (Wildman–Crippen LogP) is 1.18. The Hall–Kier alpha value is -0.0800. The van der Waals surface area contributed by atoms with Crippen LogP contribution in [0.3, 0.4) is 0 Å². The van der Waals surface area contributed by atoms with Gasteiger partial charge in [-0.15, -0.1) is 0 Å². The van der Waals surface area contributed by atoms with Gasteiger partial charge in [-0.2, -0.15) is 0 Å². The van der Waals surface area contributed by atoms with E-state index in [1.54, 1.807) is 0 Å². The van der Waals surface area contributed by atoms with Crippen molar-refractivity contribution in [2.24, 2.45) is 5.92 Å². The number of nitrogens with one attached hydrogen (secondary N) is 1. The molecular weight excluding hydrogens is 136 g/mol. The summed E-state index contributed by atoms with van der Waals surface area (Å²) >= 11 is 0. The molecule has 0 aliphatic rings. The molecule has 68 valence electrons. The predicted molar refractivity (Wildman–Crippen MR) is 50.9 cm³/mol. The Balaban J connectivity index is 3.69. The Kier molecular flexibility index (Phi) is 5.51. The summed E-state index contributed by atoms with van der Waals surface area (Å²) in [5.41, 5.74) is 0. The molecule has 0 fully saturated rings. The SMILES string of the molecule is CCNC(CN(C)C)C(C)C. The number of rotatable bonds is 5. The molecule has 0 aromatic carbocycles. The van der Waals surface area contributed by atoms with Crippen LogP contribution in [0.15, 0.2) is 0 Å². The van der Waals surface area contributed by atoms with Crippen LogP contribution in [-0.2, 0) is 0 Å². The smallest absolute Gasteiger partial charge is 0.0217 e. The molecule has 0 amide bonds. The maximum absolute atomic E-state index is 3.47. The van der Waals surface area contributed by atoms with Crippen molar-refractivity contribution in [2.75, 3.05) is 27.2 Å². The van der Waals surface area contributed by atoms with E-state index in [0.717, 1.165) is 19.0 Å². The molecule has 1 atom stereocenters. The van der Waals surface area contributed by atoms with E-state index in [1.165, 1.54) is 0 Å². The van der Waals surface area contributed by atoms with E-state index >= 15 is 0 Å². The van der Waals surface area contributed by atoms with Gasteiger partial charge in [-0.1, -0.05) is 20.8 Å². The molecule has 0 aliphatic heterocycles. The summed E-state index contributed by atoms with van der Waals surface area (Å²) in [7, 11) is 4.24. The molecule has 0 aliphatic carbocycles. The van der Waals surface area contributed by atoms with Crippen LogP contribution in [0, 0.1) is 5.92 Å². The molecule has 2 heteroatoms. The van der Waals surface area contributed by atoms with Gasteiger partial charge < -0.3 is 10.2 Å². The van der Waals surface area contributed by atoms with Crippen molar-refractivity contribution < 1.29 is 0 Å². The summed E-state index contributed by atoms with van der Waals surface area (Å²) < 4.78 is 0. The van der Waals surface area contributed by atoms with Crippen LogP contribution in [-0.4, -0.2) is 38.1 Å². The molecule has 0 radical (unpaired) electrons. The van der Waals surface area contributed by atoms with E-state index in [-0.39, 0.29) is 0 Å². The highest BCUT2D eigenvalue weighted by Crippen LogP contribution is 2.01. The fourth-order valence-electron chi connectivity index (χ4n) is 1.17. The summed E-state index contributed by atoms with van der Waals surface area (Å²) in [6, 6.07) is 0.634. The fourth-order valence-corrected chi connectivity index (χ4v) is 1.17. The van der Waals surface area contributed by atoms with E-state index in [2.05, 4.69) is 45.1 Å². The first-order valence-corrected chi connectivity index (χ1v) is 4.46. The standard InChI is InChI=1S/C9H22N2/c1-6-10-9(8(2)3)7-11(4)5/h8-10H,6-7H2,1-5H3. The molecule has 0 rings (SSSR count). The normalized spacial score (nSPS) is 14.5. The first kappa shape index (κ1) is 10.9. The van der Waals surface area contributed by atoms with Crippen LogP contribution in [0.25, 0.3) is 0 Å². The number of nitrogens with zero attached hydrogens (tertiary/aromatic N) is 1. The summed E-state index contributed by atoms with van der Waals surface area (Å²) in [5.74, 6) is 0.720. The second-order valence-corrected chi connectivity index (χ2v) is 3.67. The molecule has 0 aromatic rings. The van der Waals surface area contributed by atoms with E-state index in [0.29, 0.717) is 6.04 Å². The van der Waals surface area contributed by atoms with Crippen molar-refractivity contribution in [3.8, 4) is 0 Å². The molecule has 11 heavy (non-hydrogen) atoms. The maximum atomic E-state index is 3.47. The summed E-state index contributed by atoms with van der Waals surface area (Å²) in [6.07, 6.45) is 0. The third-order valence-electron chi connectivity index (χ3n) is 1.83. The zero-order valence-electron chi connectivity index (χ0n) is 8.52. The van der Waals surface area contributed by atoms with Gasteiger partial charge in [-0.05, 0) is 26.6 Å². The first-order chi connectivity index (χ1) is 5.07. The van der Waals surface area contributed by atoms with Gasteiger partial charge >= 0.3 is 0 Å². The van der Waals surface area contributed by atoms with Crippen molar-refractivity contribution in [2.45, 2.75) is 26.8 Å². The lowest BCUT2D eigenvalue weighted by molar-refractivity contribution is 0.293. The second kappa shape index (κ2) is 5.56. The average Bonchev–Trinajstić information content (AvgIpc) is 1.86. The van der Waals surface area contributed by atoms with Gasteiger partial charge in [0.15, 0.2) is 0 Å². The average molecular weight is 158 g/mol. The van der Waals surface area contributed by atoms with Gasteiger partial charge in [-0.25, -0.2) is 0 Å². The lowest BCUT2D eigenvalue weighted by Gasteiger charge is -2.24. The van der Waals surface area contributed by atoms with E-state index < -0.39 is 0 Å². The zero-order chi connectivity index (χ0) is 8.85. The highest BCUT2D eigenvalue weighted by molar-refractivity contribution is 4.71. The third kappa shape index (κ3) is 5.22. The van der Waals surface area contributed by atoms with Crippen molar-refractivity contribution >= 4 is 0 Å². The Labute approximate surface area is 71.0 Å².